The van der Waals surface area contributed by atoms with Crippen molar-refractivity contribution in [3.05, 3.63) is 59.9 Å². The number of para-hydroxylation sites is 2. The van der Waals surface area contributed by atoms with Crippen LogP contribution in [0.2, 0.25) is 0 Å². The Morgan fingerprint density at radius 3 is 2.52 bits per heavy atom. The molecule has 0 spiro atoms. The normalized spacial score (nSPS) is 11.4. The molecule has 2 aromatic carbocycles. The highest BCUT2D eigenvalue weighted by Crippen LogP contribution is 2.21. The van der Waals surface area contributed by atoms with Gasteiger partial charge in [-0.15, -0.1) is 0 Å². The van der Waals surface area contributed by atoms with Crippen LogP contribution in [0, 0.1) is 0 Å². The molecule has 0 saturated carbocycles. The van der Waals surface area contributed by atoms with Crippen LogP contribution in [0.3, 0.4) is 0 Å². The molecule has 1 heterocycles. The summed E-state index contributed by atoms with van der Waals surface area (Å²) in [6.07, 6.45) is 0. The Bertz CT molecular complexity index is 806. The molecule has 0 fully saturated rings. The number of hydrogen-bond acceptors (Lipinski definition) is 3. The molecule has 0 atom stereocenters. The van der Waals surface area contributed by atoms with Crippen molar-refractivity contribution in [2.75, 3.05) is 13.2 Å². The van der Waals surface area contributed by atoms with Crippen molar-refractivity contribution in [1.82, 2.24) is 9.55 Å². The van der Waals surface area contributed by atoms with Gasteiger partial charge in [-0.25, -0.2) is 4.98 Å². The van der Waals surface area contributed by atoms with Gasteiger partial charge in [0.25, 0.3) is 0 Å². The summed E-state index contributed by atoms with van der Waals surface area (Å²) in [6.45, 7) is 9.01. The minimum Gasteiger partial charge on any atom is -0.486 e. The fraction of sp³-hybridized carbons (Fsp3) is 0.381. The quantitative estimate of drug-likeness (QED) is 0.555. The first-order valence-electron chi connectivity index (χ1n) is 8.93. The van der Waals surface area contributed by atoms with Gasteiger partial charge in [0.05, 0.1) is 17.6 Å². The van der Waals surface area contributed by atoms with Crippen molar-refractivity contribution in [2.24, 2.45) is 0 Å². The number of rotatable bonds is 8. The summed E-state index contributed by atoms with van der Waals surface area (Å²) >= 11 is 0. The van der Waals surface area contributed by atoms with E-state index < -0.39 is 0 Å². The number of fused-ring (bicyclic) bond motifs is 1. The van der Waals surface area contributed by atoms with E-state index in [-0.39, 0.29) is 0 Å². The van der Waals surface area contributed by atoms with E-state index in [1.54, 1.807) is 0 Å². The minimum atomic E-state index is 0.446. The number of aromatic nitrogens is 2. The summed E-state index contributed by atoms with van der Waals surface area (Å²) in [5, 5.41) is 0. The Morgan fingerprint density at radius 2 is 1.80 bits per heavy atom. The lowest BCUT2D eigenvalue weighted by atomic mass is 10.0. The lowest BCUT2D eigenvalue weighted by Crippen LogP contribution is -2.11. The molecule has 0 aliphatic carbocycles. The molecule has 3 aromatic rings. The topological polar surface area (TPSA) is 36.3 Å². The molecule has 3 rings (SSSR count). The first kappa shape index (κ1) is 17.5. The second kappa shape index (κ2) is 8.17. The van der Waals surface area contributed by atoms with Crippen LogP contribution < -0.4 is 4.74 Å². The van der Waals surface area contributed by atoms with Crippen LogP contribution in [0.4, 0.5) is 0 Å². The molecule has 25 heavy (non-hydrogen) atoms. The van der Waals surface area contributed by atoms with Gasteiger partial charge in [0.2, 0.25) is 0 Å². The first-order valence-corrected chi connectivity index (χ1v) is 8.93. The third kappa shape index (κ3) is 4.20. The fourth-order valence-electron chi connectivity index (χ4n) is 2.88. The Labute approximate surface area is 149 Å². The van der Waals surface area contributed by atoms with E-state index in [9.17, 15) is 0 Å². The summed E-state index contributed by atoms with van der Waals surface area (Å²) in [7, 11) is 0. The van der Waals surface area contributed by atoms with Crippen molar-refractivity contribution in [3.63, 3.8) is 0 Å². The summed E-state index contributed by atoms with van der Waals surface area (Å²) in [4.78, 5) is 4.73. The second-order valence-corrected chi connectivity index (χ2v) is 6.38. The van der Waals surface area contributed by atoms with Crippen LogP contribution >= 0.6 is 0 Å². The van der Waals surface area contributed by atoms with Crippen LogP contribution in [-0.4, -0.2) is 22.8 Å². The summed E-state index contributed by atoms with van der Waals surface area (Å²) in [5.41, 5.74) is 3.43. The van der Waals surface area contributed by atoms with Gasteiger partial charge in [0.15, 0.2) is 0 Å². The van der Waals surface area contributed by atoms with Gasteiger partial charge in [-0.2, -0.15) is 0 Å². The first-order chi connectivity index (χ1) is 12.2. The summed E-state index contributed by atoms with van der Waals surface area (Å²) in [5.74, 6) is 2.32. The Kier molecular flexibility index (Phi) is 5.71. The highest BCUT2D eigenvalue weighted by Gasteiger charge is 2.11. The zero-order chi connectivity index (χ0) is 17.6. The lowest BCUT2D eigenvalue weighted by molar-refractivity contribution is 0.138. The van der Waals surface area contributed by atoms with Crippen molar-refractivity contribution >= 4 is 11.0 Å². The number of imidazole rings is 1. The molecule has 0 aliphatic rings. The zero-order valence-electron chi connectivity index (χ0n) is 15.2. The van der Waals surface area contributed by atoms with Crippen molar-refractivity contribution in [3.8, 4) is 5.75 Å². The molecule has 0 N–H and O–H groups in total. The van der Waals surface area contributed by atoms with Gasteiger partial charge in [0.1, 0.15) is 18.2 Å². The average Bonchev–Trinajstić information content (AvgIpc) is 2.98. The molecule has 4 nitrogen and oxygen atoms in total. The second-order valence-electron chi connectivity index (χ2n) is 6.38. The SMILES string of the molecule is CCOCCn1c(COc2ccc(C(C)C)cc2)nc2ccccc21. The van der Waals surface area contributed by atoms with Crippen LogP contribution in [0.5, 0.6) is 5.75 Å². The summed E-state index contributed by atoms with van der Waals surface area (Å²) < 4.78 is 13.7. The molecule has 0 saturated heterocycles. The van der Waals surface area contributed by atoms with Crippen LogP contribution in [0.15, 0.2) is 48.5 Å². The maximum absolute atomic E-state index is 5.98. The summed E-state index contributed by atoms with van der Waals surface area (Å²) in [6, 6.07) is 16.5. The van der Waals surface area contributed by atoms with E-state index in [2.05, 4.69) is 36.6 Å². The average molecular weight is 338 g/mol. The van der Waals surface area contributed by atoms with Gasteiger partial charge in [-0.1, -0.05) is 38.1 Å². The smallest absolute Gasteiger partial charge is 0.148 e. The van der Waals surface area contributed by atoms with E-state index in [1.165, 1.54) is 5.56 Å². The van der Waals surface area contributed by atoms with Gasteiger partial charge in [-0.3, -0.25) is 0 Å². The van der Waals surface area contributed by atoms with Gasteiger partial charge >= 0.3 is 0 Å². The van der Waals surface area contributed by atoms with Gasteiger partial charge < -0.3 is 14.0 Å². The molecule has 0 amide bonds. The van der Waals surface area contributed by atoms with Crippen molar-refractivity contribution in [2.45, 2.75) is 39.8 Å². The molecule has 4 heteroatoms. The van der Waals surface area contributed by atoms with Crippen LogP contribution in [0.25, 0.3) is 11.0 Å². The van der Waals surface area contributed by atoms with Crippen LogP contribution in [0.1, 0.15) is 38.1 Å². The van der Waals surface area contributed by atoms with Crippen molar-refractivity contribution in [1.29, 1.82) is 0 Å². The molecule has 0 aliphatic heterocycles. The van der Waals surface area contributed by atoms with E-state index in [0.29, 0.717) is 19.1 Å². The highest BCUT2D eigenvalue weighted by molar-refractivity contribution is 5.75. The number of ether oxygens (including phenoxy) is 2. The van der Waals surface area contributed by atoms with Crippen LogP contribution in [-0.2, 0) is 17.9 Å². The van der Waals surface area contributed by atoms with Gasteiger partial charge in [0, 0.05) is 13.2 Å². The molecular formula is C21H26N2O2. The predicted octanol–water partition coefficient (Wildman–Crippen LogP) is 4.78. The number of benzene rings is 2. The van der Waals surface area contributed by atoms with E-state index in [4.69, 9.17) is 14.5 Å². The Balaban J connectivity index is 1.76. The molecule has 132 valence electrons. The number of hydrogen-bond donors (Lipinski definition) is 0. The predicted molar refractivity (Wildman–Crippen MR) is 101 cm³/mol. The highest BCUT2D eigenvalue weighted by atomic mass is 16.5. The fourth-order valence-corrected chi connectivity index (χ4v) is 2.88. The Morgan fingerprint density at radius 1 is 1.04 bits per heavy atom. The van der Waals surface area contributed by atoms with E-state index in [0.717, 1.165) is 35.8 Å². The maximum Gasteiger partial charge on any atom is 0.148 e. The largest absolute Gasteiger partial charge is 0.486 e. The molecule has 0 unspecified atom stereocenters. The lowest BCUT2D eigenvalue weighted by Gasteiger charge is -2.11. The van der Waals surface area contributed by atoms with Gasteiger partial charge in [-0.05, 0) is 42.7 Å². The number of nitrogens with zero attached hydrogens (tertiary/aromatic N) is 2. The minimum absolute atomic E-state index is 0.446. The third-order valence-corrected chi connectivity index (χ3v) is 4.31. The monoisotopic (exact) mass is 338 g/mol. The Hall–Kier alpha value is -2.33. The molecular weight excluding hydrogens is 312 g/mol. The molecule has 0 bridgehead atoms. The van der Waals surface area contributed by atoms with Crippen molar-refractivity contribution < 1.29 is 9.47 Å². The zero-order valence-corrected chi connectivity index (χ0v) is 15.2. The van der Waals surface area contributed by atoms with E-state index in [1.807, 2.05) is 37.3 Å². The van der Waals surface area contributed by atoms with E-state index >= 15 is 0 Å². The maximum atomic E-state index is 5.98. The third-order valence-electron chi connectivity index (χ3n) is 4.31. The molecule has 1 aromatic heterocycles. The molecule has 0 radical (unpaired) electrons. The standard InChI is InChI=1S/C21H26N2O2/c1-4-24-14-13-23-20-8-6-5-7-19(20)22-21(23)15-25-18-11-9-17(10-12-18)16(2)3/h5-12,16H,4,13-15H2,1-3H3.